The molecule has 1 N–H and O–H groups in total. The van der Waals surface area contributed by atoms with Crippen molar-refractivity contribution in [3.8, 4) is 11.8 Å². The number of rotatable bonds is 6. The predicted octanol–water partition coefficient (Wildman–Crippen LogP) is 6.08. The van der Waals surface area contributed by atoms with Crippen LogP contribution in [-0.2, 0) is 11.4 Å². The maximum absolute atomic E-state index is 12.4. The quantitative estimate of drug-likeness (QED) is 0.391. The SMILES string of the molecule is Cc1ccc(COc2ccc(/C=C(\C#N)C(=O)Nc3ccc(C)cc3)cc2Cl)cc1. The Balaban J connectivity index is 1.69. The van der Waals surface area contributed by atoms with Crippen molar-refractivity contribution in [1.82, 2.24) is 0 Å². The van der Waals surface area contributed by atoms with Gasteiger partial charge in [-0.25, -0.2) is 0 Å². The van der Waals surface area contributed by atoms with Crippen LogP contribution in [0.25, 0.3) is 6.08 Å². The van der Waals surface area contributed by atoms with Gasteiger partial charge in [-0.3, -0.25) is 4.79 Å². The molecule has 0 fully saturated rings. The number of halogens is 1. The summed E-state index contributed by atoms with van der Waals surface area (Å²) in [6.07, 6.45) is 1.50. The molecule has 0 aromatic heterocycles. The maximum atomic E-state index is 12.4. The first-order valence-corrected chi connectivity index (χ1v) is 9.80. The van der Waals surface area contributed by atoms with Crippen LogP contribution in [0.4, 0.5) is 5.69 Å². The van der Waals surface area contributed by atoms with E-state index in [-0.39, 0.29) is 5.57 Å². The van der Waals surface area contributed by atoms with Gasteiger partial charge in [0.25, 0.3) is 5.91 Å². The van der Waals surface area contributed by atoms with Crippen LogP contribution in [0, 0.1) is 25.2 Å². The number of hydrogen-bond donors (Lipinski definition) is 1. The monoisotopic (exact) mass is 416 g/mol. The summed E-state index contributed by atoms with van der Waals surface area (Å²) in [5.74, 6) is 0.0641. The molecule has 0 bridgehead atoms. The zero-order valence-corrected chi connectivity index (χ0v) is 17.5. The summed E-state index contributed by atoms with van der Waals surface area (Å²) in [5.41, 5.74) is 4.57. The Kier molecular flexibility index (Phi) is 6.90. The third kappa shape index (κ3) is 5.73. The van der Waals surface area contributed by atoms with Gasteiger partial charge in [-0.2, -0.15) is 5.26 Å². The second-order valence-electron chi connectivity index (χ2n) is 6.95. The molecular weight excluding hydrogens is 396 g/mol. The normalized spacial score (nSPS) is 10.9. The lowest BCUT2D eigenvalue weighted by molar-refractivity contribution is -0.112. The molecule has 0 aliphatic rings. The third-order valence-electron chi connectivity index (χ3n) is 4.46. The van der Waals surface area contributed by atoms with Crippen molar-refractivity contribution in [2.75, 3.05) is 5.32 Å². The molecule has 0 saturated heterocycles. The molecule has 0 unspecified atom stereocenters. The fraction of sp³-hybridized carbons (Fsp3) is 0.120. The van der Waals surface area contributed by atoms with Crippen LogP contribution >= 0.6 is 11.6 Å². The van der Waals surface area contributed by atoms with Crippen molar-refractivity contribution in [2.45, 2.75) is 20.5 Å². The Morgan fingerprint density at radius 1 is 1.03 bits per heavy atom. The van der Waals surface area contributed by atoms with Gasteiger partial charge in [-0.15, -0.1) is 0 Å². The minimum absolute atomic E-state index is 0.0139. The van der Waals surface area contributed by atoms with Gasteiger partial charge < -0.3 is 10.1 Å². The number of hydrogen-bond acceptors (Lipinski definition) is 3. The van der Waals surface area contributed by atoms with Crippen LogP contribution in [0.1, 0.15) is 22.3 Å². The average molecular weight is 417 g/mol. The first-order valence-electron chi connectivity index (χ1n) is 9.42. The van der Waals surface area contributed by atoms with Gasteiger partial charge in [0, 0.05) is 5.69 Å². The Morgan fingerprint density at radius 3 is 2.27 bits per heavy atom. The molecule has 0 aliphatic carbocycles. The zero-order chi connectivity index (χ0) is 21.5. The lowest BCUT2D eigenvalue weighted by atomic mass is 10.1. The summed E-state index contributed by atoms with van der Waals surface area (Å²) in [4.78, 5) is 12.4. The number of ether oxygens (including phenoxy) is 1. The summed E-state index contributed by atoms with van der Waals surface area (Å²) in [7, 11) is 0. The Hall–Kier alpha value is -3.55. The van der Waals surface area contributed by atoms with Crippen molar-refractivity contribution >= 4 is 29.3 Å². The molecular formula is C25H21ClN2O2. The maximum Gasteiger partial charge on any atom is 0.266 e. The van der Waals surface area contributed by atoms with Gasteiger partial charge in [0.2, 0.25) is 0 Å². The fourth-order valence-corrected chi connectivity index (χ4v) is 2.96. The molecule has 0 spiro atoms. The number of nitrogens with one attached hydrogen (secondary N) is 1. The van der Waals surface area contributed by atoms with E-state index in [9.17, 15) is 10.1 Å². The van der Waals surface area contributed by atoms with Crippen molar-refractivity contribution in [3.05, 3.63) is 99.6 Å². The van der Waals surface area contributed by atoms with Crippen LogP contribution < -0.4 is 10.1 Å². The summed E-state index contributed by atoms with van der Waals surface area (Å²) >= 11 is 6.33. The number of aryl methyl sites for hydroxylation is 2. The van der Waals surface area contributed by atoms with Gasteiger partial charge in [0.15, 0.2) is 0 Å². The van der Waals surface area contributed by atoms with Crippen LogP contribution in [0.5, 0.6) is 5.75 Å². The van der Waals surface area contributed by atoms with E-state index in [4.69, 9.17) is 16.3 Å². The fourth-order valence-electron chi connectivity index (χ4n) is 2.72. The largest absolute Gasteiger partial charge is 0.487 e. The minimum Gasteiger partial charge on any atom is -0.487 e. The minimum atomic E-state index is -0.475. The molecule has 0 atom stereocenters. The smallest absolute Gasteiger partial charge is 0.266 e. The van der Waals surface area contributed by atoms with E-state index in [2.05, 4.69) is 5.32 Å². The van der Waals surface area contributed by atoms with Crippen molar-refractivity contribution in [3.63, 3.8) is 0 Å². The molecule has 30 heavy (non-hydrogen) atoms. The number of amides is 1. The molecule has 3 rings (SSSR count). The first-order chi connectivity index (χ1) is 14.4. The molecule has 3 aromatic carbocycles. The number of nitrogens with zero attached hydrogens (tertiary/aromatic N) is 1. The molecule has 0 heterocycles. The third-order valence-corrected chi connectivity index (χ3v) is 4.75. The predicted molar refractivity (Wildman–Crippen MR) is 120 cm³/mol. The Bertz CT molecular complexity index is 1110. The van der Waals surface area contributed by atoms with Crippen molar-refractivity contribution in [1.29, 1.82) is 5.26 Å². The van der Waals surface area contributed by atoms with Crippen LogP contribution in [0.2, 0.25) is 5.02 Å². The van der Waals surface area contributed by atoms with Gasteiger partial charge in [0.05, 0.1) is 5.02 Å². The van der Waals surface area contributed by atoms with E-state index in [1.54, 1.807) is 30.3 Å². The molecule has 3 aromatic rings. The summed E-state index contributed by atoms with van der Waals surface area (Å²) in [5, 5.41) is 12.5. The van der Waals surface area contributed by atoms with E-state index in [1.807, 2.05) is 56.3 Å². The standard InChI is InChI=1S/C25H21ClN2O2/c1-17-3-7-19(8-4-17)16-30-24-12-9-20(14-23(24)26)13-21(15-27)25(29)28-22-10-5-18(2)6-11-22/h3-14H,16H2,1-2H3,(H,28,29)/b21-13+. The Labute approximate surface area is 181 Å². The Morgan fingerprint density at radius 2 is 1.67 bits per heavy atom. The second-order valence-corrected chi connectivity index (χ2v) is 7.36. The highest BCUT2D eigenvalue weighted by molar-refractivity contribution is 6.32. The van der Waals surface area contributed by atoms with Gasteiger partial charge >= 0.3 is 0 Å². The van der Waals surface area contributed by atoms with E-state index < -0.39 is 5.91 Å². The van der Waals surface area contributed by atoms with Crippen LogP contribution in [0.3, 0.4) is 0 Å². The van der Waals surface area contributed by atoms with E-state index in [0.29, 0.717) is 28.6 Å². The molecule has 0 radical (unpaired) electrons. The molecule has 4 nitrogen and oxygen atoms in total. The van der Waals surface area contributed by atoms with Gasteiger partial charge in [-0.05, 0) is 55.3 Å². The number of carbonyl (C=O) groups excluding carboxylic acids is 1. The van der Waals surface area contributed by atoms with Gasteiger partial charge in [-0.1, -0.05) is 65.2 Å². The van der Waals surface area contributed by atoms with Crippen LogP contribution in [-0.4, -0.2) is 5.91 Å². The number of carbonyl (C=O) groups is 1. The average Bonchev–Trinajstić information content (AvgIpc) is 2.74. The second kappa shape index (κ2) is 9.78. The van der Waals surface area contributed by atoms with Crippen LogP contribution in [0.15, 0.2) is 72.3 Å². The number of nitriles is 1. The highest BCUT2D eigenvalue weighted by Gasteiger charge is 2.11. The number of benzene rings is 3. The molecule has 1 amide bonds. The summed E-state index contributed by atoms with van der Waals surface area (Å²) in [6, 6.07) is 22.5. The number of anilines is 1. The zero-order valence-electron chi connectivity index (χ0n) is 16.8. The lowest BCUT2D eigenvalue weighted by Gasteiger charge is -2.09. The molecule has 0 saturated carbocycles. The summed E-state index contributed by atoms with van der Waals surface area (Å²) in [6.45, 7) is 4.39. The molecule has 150 valence electrons. The van der Waals surface area contributed by atoms with E-state index >= 15 is 0 Å². The van der Waals surface area contributed by atoms with E-state index in [1.165, 1.54) is 11.6 Å². The first kappa shape index (κ1) is 21.2. The highest BCUT2D eigenvalue weighted by atomic mass is 35.5. The molecule has 0 aliphatic heterocycles. The van der Waals surface area contributed by atoms with E-state index in [0.717, 1.165) is 11.1 Å². The molecule has 5 heteroatoms. The van der Waals surface area contributed by atoms with Gasteiger partial charge in [0.1, 0.15) is 24.0 Å². The van der Waals surface area contributed by atoms with Crippen molar-refractivity contribution < 1.29 is 9.53 Å². The summed E-state index contributed by atoms with van der Waals surface area (Å²) < 4.78 is 5.79. The lowest BCUT2D eigenvalue weighted by Crippen LogP contribution is -2.13. The van der Waals surface area contributed by atoms with Crippen molar-refractivity contribution in [2.24, 2.45) is 0 Å². The topological polar surface area (TPSA) is 62.1 Å². The highest BCUT2D eigenvalue weighted by Crippen LogP contribution is 2.27.